The van der Waals surface area contributed by atoms with Gasteiger partial charge in [-0.2, -0.15) is 0 Å². The molecule has 1 unspecified atom stereocenters. The quantitative estimate of drug-likeness (QED) is 0.812. The zero-order valence-corrected chi connectivity index (χ0v) is 12.6. The van der Waals surface area contributed by atoms with Crippen LogP contribution in [0.1, 0.15) is 64.2 Å². The van der Waals surface area contributed by atoms with Gasteiger partial charge in [-0.1, -0.05) is 25.8 Å². The number of hydrogen-bond acceptors (Lipinski definition) is 4. The molecule has 0 radical (unpaired) electrons. The van der Waals surface area contributed by atoms with Crippen molar-refractivity contribution in [1.29, 1.82) is 0 Å². The molecule has 1 aromatic heterocycles. The van der Waals surface area contributed by atoms with Crippen LogP contribution in [-0.4, -0.2) is 9.73 Å². The molecule has 1 aromatic rings. The Morgan fingerprint density at radius 2 is 1.94 bits per heavy atom. The smallest absolute Gasteiger partial charge is 0.110 e. The van der Waals surface area contributed by atoms with E-state index in [0.29, 0.717) is 12.0 Å². The molecule has 0 aliphatic heterocycles. The number of thiazole rings is 1. The maximum atomic E-state index is 4.65. The van der Waals surface area contributed by atoms with Crippen LogP contribution in [0.25, 0.3) is 0 Å². The Bertz CT molecular complexity index is 326. The average molecular weight is 258 g/mol. The van der Waals surface area contributed by atoms with E-state index in [1.165, 1.54) is 10.7 Å². The molecule has 0 aliphatic carbocycles. The molecular weight excluding hydrogens is 236 g/mol. The summed E-state index contributed by atoms with van der Waals surface area (Å²) in [7, 11) is 0. The topological polar surface area (TPSA) is 24.9 Å². The van der Waals surface area contributed by atoms with Crippen molar-refractivity contribution < 1.29 is 0 Å². The first-order valence-corrected chi connectivity index (χ1v) is 7.38. The largest absolute Gasteiger partial charge is 0.254 e. The highest BCUT2D eigenvalue weighted by molar-refractivity contribution is 7.98. The Hall–Kier alpha value is -0.0600. The summed E-state index contributed by atoms with van der Waals surface area (Å²) in [5.41, 5.74) is 1.20. The summed E-state index contributed by atoms with van der Waals surface area (Å²) in [5.74, 6) is 0.521. The summed E-state index contributed by atoms with van der Waals surface area (Å²) in [5, 5.41) is 3.35. The van der Waals surface area contributed by atoms with Crippen molar-refractivity contribution >= 4 is 23.3 Å². The van der Waals surface area contributed by atoms with Gasteiger partial charge in [0.25, 0.3) is 0 Å². The molecule has 0 spiro atoms. The van der Waals surface area contributed by atoms with Crippen molar-refractivity contribution in [1.82, 2.24) is 9.71 Å². The maximum Gasteiger partial charge on any atom is 0.110 e. The van der Waals surface area contributed by atoms with Crippen LogP contribution >= 0.6 is 23.3 Å². The fourth-order valence-corrected chi connectivity index (χ4v) is 2.78. The number of rotatable bonds is 4. The van der Waals surface area contributed by atoms with Crippen molar-refractivity contribution in [2.24, 2.45) is 0 Å². The Kier molecular flexibility index (Phi) is 4.83. The predicted molar refractivity (Wildman–Crippen MR) is 75.1 cm³/mol. The van der Waals surface area contributed by atoms with Crippen molar-refractivity contribution in [2.45, 2.75) is 58.2 Å². The molecular formula is C12H22N2S2. The molecule has 1 atom stereocenters. The lowest BCUT2D eigenvalue weighted by atomic mass is 10.2. The van der Waals surface area contributed by atoms with E-state index in [9.17, 15) is 0 Å². The number of aromatic nitrogens is 1. The van der Waals surface area contributed by atoms with Gasteiger partial charge in [0.1, 0.15) is 5.01 Å². The highest BCUT2D eigenvalue weighted by Gasteiger charge is 2.16. The summed E-state index contributed by atoms with van der Waals surface area (Å²) in [6.07, 6.45) is 0. The van der Waals surface area contributed by atoms with E-state index in [0.717, 1.165) is 0 Å². The van der Waals surface area contributed by atoms with Gasteiger partial charge in [0, 0.05) is 10.1 Å². The minimum Gasteiger partial charge on any atom is -0.254 e. The second-order valence-corrected chi connectivity index (χ2v) is 7.87. The van der Waals surface area contributed by atoms with Crippen LogP contribution in [0.2, 0.25) is 0 Å². The third kappa shape index (κ3) is 4.44. The molecule has 1 N–H and O–H groups in total. The van der Waals surface area contributed by atoms with Crippen LogP contribution in [0.5, 0.6) is 0 Å². The lowest BCUT2D eigenvalue weighted by Gasteiger charge is -2.20. The molecule has 0 saturated carbocycles. The van der Waals surface area contributed by atoms with Crippen LogP contribution in [0, 0.1) is 0 Å². The molecule has 0 fully saturated rings. The van der Waals surface area contributed by atoms with Gasteiger partial charge in [-0.05, 0) is 33.6 Å². The van der Waals surface area contributed by atoms with E-state index in [2.05, 4.69) is 56.6 Å². The van der Waals surface area contributed by atoms with Crippen molar-refractivity contribution in [3.8, 4) is 0 Å². The van der Waals surface area contributed by atoms with Gasteiger partial charge in [0.2, 0.25) is 0 Å². The lowest BCUT2D eigenvalue weighted by molar-refractivity contribution is 0.709. The minimum absolute atomic E-state index is 0.242. The van der Waals surface area contributed by atoms with Gasteiger partial charge in [-0.3, -0.25) is 4.72 Å². The maximum absolute atomic E-state index is 4.65. The Morgan fingerprint density at radius 1 is 1.31 bits per heavy atom. The molecule has 0 aromatic carbocycles. The van der Waals surface area contributed by atoms with Gasteiger partial charge < -0.3 is 0 Å². The summed E-state index contributed by atoms with van der Waals surface area (Å²) in [6, 6.07) is 0.321. The molecule has 0 bridgehead atoms. The van der Waals surface area contributed by atoms with Crippen LogP contribution in [0.3, 0.4) is 0 Å². The van der Waals surface area contributed by atoms with E-state index in [1.54, 1.807) is 23.3 Å². The standard InChI is InChI=1S/C12H22N2S2/c1-8(2)10-7-15-11(13-10)9(3)14-16-12(4,5)6/h7-9,14H,1-6H3. The van der Waals surface area contributed by atoms with E-state index in [4.69, 9.17) is 0 Å². The van der Waals surface area contributed by atoms with Crippen LogP contribution in [0.15, 0.2) is 5.38 Å². The Balaban J connectivity index is 2.56. The average Bonchev–Trinajstić information content (AvgIpc) is 2.61. The van der Waals surface area contributed by atoms with Gasteiger partial charge in [-0.25, -0.2) is 4.98 Å². The highest BCUT2D eigenvalue weighted by Crippen LogP contribution is 2.27. The molecule has 0 saturated heterocycles. The van der Waals surface area contributed by atoms with Crippen LogP contribution in [-0.2, 0) is 0 Å². The number of nitrogens with zero attached hydrogens (tertiary/aromatic N) is 1. The number of hydrogen-bond donors (Lipinski definition) is 1. The molecule has 0 aliphatic rings. The third-order valence-electron chi connectivity index (χ3n) is 2.04. The Morgan fingerprint density at radius 3 is 2.38 bits per heavy atom. The highest BCUT2D eigenvalue weighted by atomic mass is 32.2. The molecule has 2 nitrogen and oxygen atoms in total. The zero-order valence-electron chi connectivity index (χ0n) is 11.0. The Labute approximate surface area is 107 Å². The van der Waals surface area contributed by atoms with Gasteiger partial charge in [0.05, 0.1) is 11.7 Å². The van der Waals surface area contributed by atoms with E-state index >= 15 is 0 Å². The summed E-state index contributed by atoms with van der Waals surface area (Å²) >= 11 is 3.52. The first kappa shape index (κ1) is 14.0. The van der Waals surface area contributed by atoms with Crippen molar-refractivity contribution in [3.05, 3.63) is 16.1 Å². The molecule has 16 heavy (non-hydrogen) atoms. The fourth-order valence-electron chi connectivity index (χ4n) is 1.08. The van der Waals surface area contributed by atoms with Crippen LogP contribution < -0.4 is 4.72 Å². The molecule has 0 amide bonds. The second kappa shape index (κ2) is 5.52. The van der Waals surface area contributed by atoms with Gasteiger partial charge in [0.15, 0.2) is 0 Å². The summed E-state index contributed by atoms with van der Waals surface area (Å²) < 4.78 is 3.70. The summed E-state index contributed by atoms with van der Waals surface area (Å²) in [6.45, 7) is 13.2. The van der Waals surface area contributed by atoms with Gasteiger partial charge in [-0.15, -0.1) is 11.3 Å². The number of nitrogens with one attached hydrogen (secondary N) is 1. The minimum atomic E-state index is 0.242. The molecule has 1 rings (SSSR count). The molecule has 4 heteroatoms. The first-order valence-electron chi connectivity index (χ1n) is 5.68. The van der Waals surface area contributed by atoms with E-state index in [1.807, 2.05) is 0 Å². The monoisotopic (exact) mass is 258 g/mol. The lowest BCUT2D eigenvalue weighted by Crippen LogP contribution is -2.19. The molecule has 1 heterocycles. The second-order valence-electron chi connectivity index (χ2n) is 5.32. The first-order chi connectivity index (χ1) is 7.29. The molecule has 92 valence electrons. The zero-order chi connectivity index (χ0) is 12.3. The summed E-state index contributed by atoms with van der Waals surface area (Å²) in [4.78, 5) is 4.65. The fraction of sp³-hybridized carbons (Fsp3) is 0.750. The van der Waals surface area contributed by atoms with Gasteiger partial charge >= 0.3 is 0 Å². The van der Waals surface area contributed by atoms with E-state index < -0.39 is 0 Å². The SMILES string of the molecule is CC(C)c1csc(C(C)NSC(C)(C)C)n1. The van der Waals surface area contributed by atoms with Crippen molar-refractivity contribution in [3.63, 3.8) is 0 Å². The third-order valence-corrected chi connectivity index (χ3v) is 4.17. The normalized spacial score (nSPS) is 14.4. The van der Waals surface area contributed by atoms with Crippen molar-refractivity contribution in [2.75, 3.05) is 0 Å². The predicted octanol–water partition coefficient (Wildman–Crippen LogP) is 4.36. The van der Waals surface area contributed by atoms with E-state index in [-0.39, 0.29) is 4.75 Å². The van der Waals surface area contributed by atoms with Crippen LogP contribution in [0.4, 0.5) is 0 Å².